The molecule has 0 aromatic heterocycles. The van der Waals surface area contributed by atoms with Crippen LogP contribution in [0.3, 0.4) is 0 Å². The molecule has 0 saturated carbocycles. The third-order valence-electron chi connectivity index (χ3n) is 4.32. The molecule has 4 heteroatoms. The number of nitrogens with one attached hydrogen (secondary N) is 2. The lowest BCUT2D eigenvalue weighted by atomic mass is 10.1. The van der Waals surface area contributed by atoms with Gasteiger partial charge in [-0.25, -0.2) is 0 Å². The van der Waals surface area contributed by atoms with Crippen LogP contribution < -0.4 is 15.5 Å². The van der Waals surface area contributed by atoms with Crippen LogP contribution >= 0.6 is 0 Å². The number of hydrogen-bond acceptors (Lipinski definition) is 4. The molecule has 3 rings (SSSR count). The Bertz CT molecular complexity index is 708. The number of rotatable bonds is 5. The average Bonchev–Trinajstić information content (AvgIpc) is 2.67. The fourth-order valence-electron chi connectivity index (χ4n) is 2.87. The van der Waals surface area contributed by atoms with Crippen molar-refractivity contribution < 1.29 is 5.11 Å². The number of nitrogens with zero attached hydrogens (tertiary/aromatic N) is 1. The van der Waals surface area contributed by atoms with E-state index in [9.17, 15) is 5.11 Å². The number of hydrogen-bond donors (Lipinski definition) is 3. The quantitative estimate of drug-likeness (QED) is 0.578. The van der Waals surface area contributed by atoms with Gasteiger partial charge in [0.2, 0.25) is 0 Å². The van der Waals surface area contributed by atoms with Crippen molar-refractivity contribution in [3.8, 4) is 17.6 Å². The highest BCUT2D eigenvalue weighted by Gasteiger charge is 2.09. The minimum absolute atomic E-state index is 0.311. The summed E-state index contributed by atoms with van der Waals surface area (Å²) in [5.41, 5.74) is 3.54. The molecule has 0 spiro atoms. The molecular formula is C21H25N3O. The van der Waals surface area contributed by atoms with Crippen LogP contribution in [0.1, 0.15) is 11.1 Å². The van der Waals surface area contributed by atoms with Gasteiger partial charge in [0.1, 0.15) is 5.75 Å². The molecule has 25 heavy (non-hydrogen) atoms. The summed E-state index contributed by atoms with van der Waals surface area (Å²) in [6.07, 6.45) is 0.932. The Hall–Kier alpha value is -2.48. The largest absolute Gasteiger partial charge is 0.508 e. The molecular weight excluding hydrogens is 310 g/mol. The smallest absolute Gasteiger partial charge is 0.115 e. The maximum Gasteiger partial charge on any atom is 0.115 e. The van der Waals surface area contributed by atoms with Crippen LogP contribution in [0.2, 0.25) is 0 Å². The van der Waals surface area contributed by atoms with Crippen molar-refractivity contribution in [1.82, 2.24) is 10.6 Å². The summed E-state index contributed by atoms with van der Waals surface area (Å²) in [6.45, 7) is 5.79. The summed E-state index contributed by atoms with van der Waals surface area (Å²) < 4.78 is 0. The molecule has 0 amide bonds. The number of phenolic OH excluding ortho intramolecular Hbond substituents is 1. The molecule has 1 saturated heterocycles. The molecule has 0 aliphatic carbocycles. The third kappa shape index (κ3) is 5.53. The highest BCUT2D eigenvalue weighted by molar-refractivity contribution is 5.51. The van der Waals surface area contributed by atoms with Gasteiger partial charge in [-0.2, -0.15) is 0 Å². The molecule has 1 heterocycles. The highest BCUT2D eigenvalue weighted by atomic mass is 16.3. The van der Waals surface area contributed by atoms with Gasteiger partial charge in [0.25, 0.3) is 0 Å². The maximum atomic E-state index is 9.26. The van der Waals surface area contributed by atoms with Crippen LogP contribution in [0, 0.1) is 11.8 Å². The third-order valence-corrected chi connectivity index (χ3v) is 4.32. The molecule has 1 fully saturated rings. The molecule has 1 aliphatic rings. The predicted molar refractivity (Wildman–Crippen MR) is 103 cm³/mol. The number of phenols is 1. The van der Waals surface area contributed by atoms with Crippen LogP contribution in [-0.4, -0.2) is 44.4 Å². The number of anilines is 1. The minimum Gasteiger partial charge on any atom is -0.508 e. The van der Waals surface area contributed by atoms with Crippen LogP contribution in [0.5, 0.6) is 5.75 Å². The van der Waals surface area contributed by atoms with Gasteiger partial charge in [0.05, 0.1) is 6.54 Å². The first-order valence-corrected chi connectivity index (χ1v) is 8.84. The van der Waals surface area contributed by atoms with E-state index >= 15 is 0 Å². The van der Waals surface area contributed by atoms with E-state index in [1.165, 1.54) is 11.3 Å². The fourth-order valence-corrected chi connectivity index (χ4v) is 2.87. The summed E-state index contributed by atoms with van der Waals surface area (Å²) in [6, 6.07) is 15.9. The standard InChI is InChI=1S/C21H25N3O/c25-21-9-5-19(6-10-21)11-13-22-12-1-2-18-3-7-20(8-4-18)24-16-14-23-15-17-24/h3-10,22-23,25H,11-17H2. The first-order chi connectivity index (χ1) is 12.3. The van der Waals surface area contributed by atoms with Crippen LogP contribution in [0.25, 0.3) is 0 Å². The molecule has 0 atom stereocenters. The zero-order chi connectivity index (χ0) is 17.3. The van der Waals surface area contributed by atoms with Gasteiger partial charge in [0.15, 0.2) is 0 Å². The van der Waals surface area contributed by atoms with Gasteiger partial charge in [-0.3, -0.25) is 0 Å². The molecule has 0 radical (unpaired) electrons. The SMILES string of the molecule is Oc1ccc(CCNCC#Cc2ccc(N3CCNCC3)cc2)cc1. The van der Waals surface area contributed by atoms with E-state index in [1.807, 2.05) is 12.1 Å². The lowest BCUT2D eigenvalue weighted by Crippen LogP contribution is -2.43. The van der Waals surface area contributed by atoms with Gasteiger partial charge in [-0.15, -0.1) is 0 Å². The van der Waals surface area contributed by atoms with E-state index in [2.05, 4.69) is 51.6 Å². The summed E-state index contributed by atoms with van der Waals surface area (Å²) in [4.78, 5) is 2.40. The first-order valence-electron chi connectivity index (χ1n) is 8.84. The normalized spacial score (nSPS) is 14.0. The zero-order valence-corrected chi connectivity index (χ0v) is 14.5. The van der Waals surface area contributed by atoms with Crippen molar-refractivity contribution in [2.45, 2.75) is 6.42 Å². The molecule has 2 aromatic carbocycles. The van der Waals surface area contributed by atoms with Crippen molar-refractivity contribution in [2.75, 3.05) is 44.2 Å². The predicted octanol–water partition coefficient (Wildman–Crippen LogP) is 1.99. The van der Waals surface area contributed by atoms with Gasteiger partial charge in [-0.1, -0.05) is 24.0 Å². The van der Waals surface area contributed by atoms with Crippen molar-refractivity contribution >= 4 is 5.69 Å². The fraction of sp³-hybridized carbons (Fsp3) is 0.333. The van der Waals surface area contributed by atoms with Crippen LogP contribution in [0.15, 0.2) is 48.5 Å². The van der Waals surface area contributed by atoms with E-state index in [0.717, 1.165) is 44.7 Å². The molecule has 3 N–H and O–H groups in total. The Labute approximate surface area is 149 Å². The number of piperazine rings is 1. The van der Waals surface area contributed by atoms with Crippen LogP contribution in [0.4, 0.5) is 5.69 Å². The second-order valence-electron chi connectivity index (χ2n) is 6.18. The first kappa shape index (κ1) is 17.3. The second kappa shape index (κ2) is 9.12. The van der Waals surface area contributed by atoms with Gasteiger partial charge in [0, 0.05) is 44.0 Å². The summed E-state index contributed by atoms with van der Waals surface area (Å²) >= 11 is 0. The summed E-state index contributed by atoms with van der Waals surface area (Å²) in [7, 11) is 0. The Morgan fingerprint density at radius 3 is 2.44 bits per heavy atom. The molecule has 1 aliphatic heterocycles. The summed E-state index contributed by atoms with van der Waals surface area (Å²) in [5, 5.41) is 16.0. The highest BCUT2D eigenvalue weighted by Crippen LogP contribution is 2.15. The van der Waals surface area contributed by atoms with E-state index in [4.69, 9.17) is 0 Å². The van der Waals surface area contributed by atoms with E-state index < -0.39 is 0 Å². The Morgan fingerprint density at radius 1 is 1.00 bits per heavy atom. The van der Waals surface area contributed by atoms with Crippen LogP contribution in [-0.2, 0) is 6.42 Å². The van der Waals surface area contributed by atoms with Gasteiger partial charge < -0.3 is 20.6 Å². The average molecular weight is 335 g/mol. The van der Waals surface area contributed by atoms with Gasteiger partial charge >= 0.3 is 0 Å². The van der Waals surface area contributed by atoms with Gasteiger partial charge in [-0.05, 0) is 48.4 Å². The lowest BCUT2D eigenvalue weighted by molar-refractivity contribution is 0.475. The van der Waals surface area contributed by atoms with E-state index in [-0.39, 0.29) is 0 Å². The second-order valence-corrected chi connectivity index (χ2v) is 6.18. The van der Waals surface area contributed by atoms with Crippen molar-refractivity contribution in [3.05, 3.63) is 59.7 Å². The van der Waals surface area contributed by atoms with Crippen molar-refractivity contribution in [3.63, 3.8) is 0 Å². The minimum atomic E-state index is 0.311. The molecule has 4 nitrogen and oxygen atoms in total. The number of aromatic hydroxyl groups is 1. The van der Waals surface area contributed by atoms with Crippen molar-refractivity contribution in [2.24, 2.45) is 0 Å². The van der Waals surface area contributed by atoms with E-state index in [0.29, 0.717) is 12.3 Å². The molecule has 2 aromatic rings. The Kier molecular flexibility index (Phi) is 6.33. The molecule has 0 unspecified atom stereocenters. The summed E-state index contributed by atoms with van der Waals surface area (Å²) in [5.74, 6) is 6.69. The lowest BCUT2D eigenvalue weighted by Gasteiger charge is -2.29. The Morgan fingerprint density at radius 2 is 1.72 bits per heavy atom. The molecule has 130 valence electrons. The zero-order valence-electron chi connectivity index (χ0n) is 14.5. The Balaban J connectivity index is 1.40. The van der Waals surface area contributed by atoms with Crippen molar-refractivity contribution in [1.29, 1.82) is 0 Å². The molecule has 0 bridgehead atoms. The maximum absolute atomic E-state index is 9.26. The monoisotopic (exact) mass is 335 g/mol. The topological polar surface area (TPSA) is 47.5 Å². The number of benzene rings is 2. The van der Waals surface area contributed by atoms with E-state index in [1.54, 1.807) is 12.1 Å².